The first-order valence-corrected chi connectivity index (χ1v) is 13.5. The number of anilines is 1. The Balaban J connectivity index is 1.60. The number of aromatic nitrogens is 1. The number of nitrogens with one attached hydrogen (secondary N) is 2. The van der Waals surface area contributed by atoms with E-state index < -0.39 is 20.0 Å². The van der Waals surface area contributed by atoms with Gasteiger partial charge in [-0.05, 0) is 55.5 Å². The van der Waals surface area contributed by atoms with Crippen LogP contribution in [-0.4, -0.2) is 45.3 Å². The zero-order chi connectivity index (χ0) is 22.5. The molecule has 0 saturated carbocycles. The van der Waals surface area contributed by atoms with Crippen LogP contribution in [0, 0.1) is 0 Å². The number of nitrogens with zero attached hydrogens (tertiary/aromatic N) is 2. The van der Waals surface area contributed by atoms with Crippen molar-refractivity contribution in [3.05, 3.63) is 48.2 Å². The molecule has 0 unspecified atom stereocenters. The van der Waals surface area contributed by atoms with Gasteiger partial charge in [0, 0.05) is 31.9 Å². The first kappa shape index (κ1) is 23.6. The molecule has 2 N–H and O–H groups in total. The Labute approximate surface area is 185 Å². The molecule has 31 heavy (non-hydrogen) atoms. The minimum absolute atomic E-state index is 0.0972. The van der Waals surface area contributed by atoms with E-state index in [0.29, 0.717) is 30.3 Å². The molecule has 0 bridgehead atoms. The standard InChI is InChI=1S/C21H30N4O4S2/c1-3-18(4-2)24-30(26,27)20-11-12-21(23-16-20)22-15-17-7-9-19(10-8-17)31(28,29)25-13-5-6-14-25/h7-12,16,18,24H,3-6,13-15H2,1-2H3,(H,22,23). The highest BCUT2D eigenvalue weighted by Gasteiger charge is 2.26. The summed E-state index contributed by atoms with van der Waals surface area (Å²) in [7, 11) is -7.01. The quantitative estimate of drug-likeness (QED) is 0.557. The number of pyridine rings is 1. The molecule has 1 aromatic heterocycles. The first-order chi connectivity index (χ1) is 14.8. The molecule has 3 rings (SSSR count). The van der Waals surface area contributed by atoms with Gasteiger partial charge in [-0.15, -0.1) is 0 Å². The van der Waals surface area contributed by atoms with Crippen molar-refractivity contribution in [2.45, 2.75) is 61.9 Å². The number of hydrogen-bond donors (Lipinski definition) is 2. The van der Waals surface area contributed by atoms with Crippen molar-refractivity contribution in [1.29, 1.82) is 0 Å². The van der Waals surface area contributed by atoms with Gasteiger partial charge in [-0.25, -0.2) is 26.5 Å². The van der Waals surface area contributed by atoms with Crippen molar-refractivity contribution in [2.24, 2.45) is 0 Å². The van der Waals surface area contributed by atoms with Crippen molar-refractivity contribution < 1.29 is 16.8 Å². The lowest BCUT2D eigenvalue weighted by Gasteiger charge is -2.16. The highest BCUT2D eigenvalue weighted by atomic mass is 32.2. The second-order valence-corrected chi connectivity index (χ2v) is 11.3. The van der Waals surface area contributed by atoms with Crippen LogP contribution in [-0.2, 0) is 26.6 Å². The van der Waals surface area contributed by atoms with Gasteiger partial charge in [0.25, 0.3) is 0 Å². The normalized spacial score (nSPS) is 15.5. The lowest BCUT2D eigenvalue weighted by Crippen LogP contribution is -2.33. The molecule has 1 saturated heterocycles. The second kappa shape index (κ2) is 10.1. The Morgan fingerprint density at radius 3 is 2.10 bits per heavy atom. The van der Waals surface area contributed by atoms with Gasteiger partial charge < -0.3 is 5.32 Å². The van der Waals surface area contributed by atoms with E-state index in [4.69, 9.17) is 0 Å². The largest absolute Gasteiger partial charge is 0.366 e. The van der Waals surface area contributed by atoms with Gasteiger partial charge in [0.2, 0.25) is 20.0 Å². The molecule has 0 atom stereocenters. The van der Waals surface area contributed by atoms with Crippen LogP contribution in [0.4, 0.5) is 5.82 Å². The fraction of sp³-hybridized carbons (Fsp3) is 0.476. The van der Waals surface area contributed by atoms with Crippen molar-refractivity contribution in [2.75, 3.05) is 18.4 Å². The summed E-state index contributed by atoms with van der Waals surface area (Å²) in [6, 6.07) is 9.83. The molecule has 8 nitrogen and oxygen atoms in total. The van der Waals surface area contributed by atoms with Crippen LogP contribution < -0.4 is 10.0 Å². The van der Waals surface area contributed by atoms with Gasteiger partial charge in [0.15, 0.2) is 0 Å². The van der Waals surface area contributed by atoms with Crippen molar-refractivity contribution >= 4 is 25.9 Å². The Morgan fingerprint density at radius 2 is 1.55 bits per heavy atom. The summed E-state index contributed by atoms with van der Waals surface area (Å²) in [6.45, 7) is 5.48. The van der Waals surface area contributed by atoms with E-state index in [1.54, 1.807) is 30.3 Å². The maximum Gasteiger partial charge on any atom is 0.243 e. The molecule has 0 amide bonds. The summed E-state index contributed by atoms with van der Waals surface area (Å²) in [5.74, 6) is 0.537. The Kier molecular flexibility index (Phi) is 7.68. The lowest BCUT2D eigenvalue weighted by molar-refractivity contribution is 0.477. The van der Waals surface area contributed by atoms with Crippen molar-refractivity contribution in [3.63, 3.8) is 0 Å². The van der Waals surface area contributed by atoms with Crippen LogP contribution in [0.3, 0.4) is 0 Å². The minimum Gasteiger partial charge on any atom is -0.366 e. The lowest BCUT2D eigenvalue weighted by atomic mass is 10.2. The molecule has 1 fully saturated rings. The van der Waals surface area contributed by atoms with Gasteiger partial charge in [-0.2, -0.15) is 4.31 Å². The molecule has 10 heteroatoms. The molecular formula is C21H30N4O4S2. The van der Waals surface area contributed by atoms with Gasteiger partial charge >= 0.3 is 0 Å². The van der Waals surface area contributed by atoms with Crippen molar-refractivity contribution in [3.8, 4) is 0 Å². The van der Waals surface area contributed by atoms with Crippen LogP contribution in [0.2, 0.25) is 0 Å². The third kappa shape index (κ3) is 5.82. The Hall–Kier alpha value is -2.01. The predicted octanol–water partition coefficient (Wildman–Crippen LogP) is 2.95. The summed E-state index contributed by atoms with van der Waals surface area (Å²) in [5, 5.41) is 3.13. The van der Waals surface area contributed by atoms with E-state index in [9.17, 15) is 16.8 Å². The predicted molar refractivity (Wildman–Crippen MR) is 121 cm³/mol. The first-order valence-electron chi connectivity index (χ1n) is 10.6. The molecule has 2 aromatic rings. The zero-order valence-corrected chi connectivity index (χ0v) is 19.5. The summed E-state index contributed by atoms with van der Waals surface area (Å²) in [4.78, 5) is 4.62. The van der Waals surface area contributed by atoms with E-state index in [1.165, 1.54) is 16.6 Å². The number of hydrogen-bond acceptors (Lipinski definition) is 6. The number of rotatable bonds is 10. The molecule has 0 spiro atoms. The van der Waals surface area contributed by atoms with Crippen LogP contribution in [0.25, 0.3) is 0 Å². The molecule has 0 radical (unpaired) electrons. The summed E-state index contributed by atoms with van der Waals surface area (Å²) in [6.07, 6.45) is 4.59. The van der Waals surface area contributed by atoms with E-state index in [-0.39, 0.29) is 10.9 Å². The monoisotopic (exact) mass is 466 g/mol. The molecule has 1 aliphatic heterocycles. The molecule has 2 heterocycles. The fourth-order valence-corrected chi connectivity index (χ4v) is 6.30. The van der Waals surface area contributed by atoms with Gasteiger partial charge in [-0.1, -0.05) is 26.0 Å². The Bertz CT molecular complexity index is 1060. The number of sulfonamides is 2. The Morgan fingerprint density at radius 1 is 0.935 bits per heavy atom. The third-order valence-corrected chi connectivity index (χ3v) is 8.87. The molecular weight excluding hydrogens is 436 g/mol. The molecule has 170 valence electrons. The van der Waals surface area contributed by atoms with Crippen molar-refractivity contribution in [1.82, 2.24) is 14.0 Å². The van der Waals surface area contributed by atoms with Gasteiger partial charge in [0.05, 0.1) is 4.90 Å². The second-order valence-electron chi connectivity index (χ2n) is 7.62. The van der Waals surface area contributed by atoms with Crippen LogP contribution in [0.15, 0.2) is 52.4 Å². The third-order valence-electron chi connectivity index (χ3n) is 5.45. The smallest absolute Gasteiger partial charge is 0.243 e. The van der Waals surface area contributed by atoms with E-state index >= 15 is 0 Å². The molecule has 0 aliphatic carbocycles. The summed E-state index contributed by atoms with van der Waals surface area (Å²) in [5.41, 5.74) is 0.897. The molecule has 1 aromatic carbocycles. The summed E-state index contributed by atoms with van der Waals surface area (Å²) < 4.78 is 54.3. The van der Waals surface area contributed by atoms with Gasteiger partial charge in [0.1, 0.15) is 10.7 Å². The van der Waals surface area contributed by atoms with Crippen LogP contribution in [0.1, 0.15) is 45.1 Å². The SMILES string of the molecule is CCC(CC)NS(=O)(=O)c1ccc(NCc2ccc(S(=O)(=O)N3CCCC3)cc2)nc1. The topological polar surface area (TPSA) is 108 Å². The number of benzene rings is 1. The maximum absolute atomic E-state index is 12.6. The van der Waals surface area contributed by atoms with Crippen LogP contribution >= 0.6 is 0 Å². The minimum atomic E-state index is -3.59. The van der Waals surface area contributed by atoms with Crippen LogP contribution in [0.5, 0.6) is 0 Å². The highest BCUT2D eigenvalue weighted by Crippen LogP contribution is 2.21. The molecule has 1 aliphatic rings. The average molecular weight is 467 g/mol. The summed E-state index contributed by atoms with van der Waals surface area (Å²) >= 11 is 0. The fourth-order valence-electron chi connectivity index (χ4n) is 3.44. The maximum atomic E-state index is 12.6. The van der Waals surface area contributed by atoms with E-state index in [1.807, 2.05) is 13.8 Å². The zero-order valence-electron chi connectivity index (χ0n) is 17.9. The average Bonchev–Trinajstić information content (AvgIpc) is 3.32. The highest BCUT2D eigenvalue weighted by molar-refractivity contribution is 7.89. The van der Waals surface area contributed by atoms with Gasteiger partial charge in [-0.3, -0.25) is 0 Å². The van der Waals surface area contributed by atoms with E-state index in [0.717, 1.165) is 31.2 Å². The van der Waals surface area contributed by atoms with E-state index in [2.05, 4.69) is 15.0 Å².